The first-order valence-electron chi connectivity index (χ1n) is 5.52. The van der Waals surface area contributed by atoms with Crippen LogP contribution in [0.1, 0.15) is 29.6 Å². The maximum absolute atomic E-state index is 11.9. The zero-order valence-electron chi connectivity index (χ0n) is 9.51. The van der Waals surface area contributed by atoms with Crippen molar-refractivity contribution < 1.29 is 24.9 Å². The van der Waals surface area contributed by atoms with Crippen molar-refractivity contribution in [1.82, 2.24) is 5.32 Å². The second-order valence-electron chi connectivity index (χ2n) is 4.40. The molecule has 0 radical (unpaired) electrons. The lowest BCUT2D eigenvalue weighted by molar-refractivity contribution is -0.148. The number of nitrogens with one attached hydrogen (secondary N) is 1. The molecule has 1 amide bonds. The SMILES string of the molecule is O=C(NC1(C(=O)O)CCC1)c1ccc(O)c(O)c1. The lowest BCUT2D eigenvalue weighted by atomic mass is 9.76. The van der Waals surface area contributed by atoms with E-state index in [9.17, 15) is 14.7 Å². The minimum atomic E-state index is -1.19. The zero-order chi connectivity index (χ0) is 13.3. The number of carbonyl (C=O) groups excluding carboxylic acids is 1. The lowest BCUT2D eigenvalue weighted by Crippen LogP contribution is -2.59. The van der Waals surface area contributed by atoms with Crippen molar-refractivity contribution in [2.45, 2.75) is 24.8 Å². The van der Waals surface area contributed by atoms with E-state index in [2.05, 4.69) is 5.32 Å². The summed E-state index contributed by atoms with van der Waals surface area (Å²) in [7, 11) is 0. The summed E-state index contributed by atoms with van der Waals surface area (Å²) in [5, 5.41) is 29.9. The summed E-state index contributed by atoms with van der Waals surface area (Å²) in [6.07, 6.45) is 1.56. The number of benzene rings is 1. The van der Waals surface area contributed by atoms with Gasteiger partial charge in [-0.05, 0) is 37.5 Å². The van der Waals surface area contributed by atoms with E-state index in [4.69, 9.17) is 10.2 Å². The Bertz CT molecular complexity index is 507. The predicted molar refractivity (Wildman–Crippen MR) is 61.5 cm³/mol. The summed E-state index contributed by atoms with van der Waals surface area (Å²) in [6, 6.07) is 3.59. The van der Waals surface area contributed by atoms with Gasteiger partial charge < -0.3 is 20.6 Å². The van der Waals surface area contributed by atoms with Crippen LogP contribution >= 0.6 is 0 Å². The molecular formula is C12H13NO5. The van der Waals surface area contributed by atoms with Crippen molar-refractivity contribution in [3.8, 4) is 11.5 Å². The summed E-state index contributed by atoms with van der Waals surface area (Å²) in [6.45, 7) is 0. The van der Waals surface area contributed by atoms with Gasteiger partial charge in [-0.15, -0.1) is 0 Å². The van der Waals surface area contributed by atoms with E-state index >= 15 is 0 Å². The van der Waals surface area contributed by atoms with Crippen LogP contribution in [-0.4, -0.2) is 32.7 Å². The van der Waals surface area contributed by atoms with Crippen molar-refractivity contribution in [3.63, 3.8) is 0 Å². The molecule has 0 saturated heterocycles. The van der Waals surface area contributed by atoms with Crippen LogP contribution in [0.15, 0.2) is 18.2 Å². The second-order valence-corrected chi connectivity index (χ2v) is 4.40. The number of hydrogen-bond donors (Lipinski definition) is 4. The zero-order valence-corrected chi connectivity index (χ0v) is 9.51. The number of rotatable bonds is 3. The Kier molecular flexibility index (Phi) is 2.86. The van der Waals surface area contributed by atoms with Gasteiger partial charge in [0.15, 0.2) is 11.5 Å². The fourth-order valence-electron chi connectivity index (χ4n) is 1.88. The van der Waals surface area contributed by atoms with Gasteiger partial charge >= 0.3 is 5.97 Å². The van der Waals surface area contributed by atoms with Crippen LogP contribution < -0.4 is 5.32 Å². The van der Waals surface area contributed by atoms with E-state index in [-0.39, 0.29) is 11.3 Å². The molecule has 2 rings (SSSR count). The highest BCUT2D eigenvalue weighted by atomic mass is 16.4. The molecule has 6 heteroatoms. The lowest BCUT2D eigenvalue weighted by Gasteiger charge is -2.38. The summed E-state index contributed by atoms with van der Waals surface area (Å²) in [4.78, 5) is 22.9. The van der Waals surface area contributed by atoms with Crippen molar-refractivity contribution >= 4 is 11.9 Å². The molecule has 18 heavy (non-hydrogen) atoms. The van der Waals surface area contributed by atoms with Crippen LogP contribution in [0.25, 0.3) is 0 Å². The molecule has 96 valence electrons. The number of hydrogen-bond acceptors (Lipinski definition) is 4. The van der Waals surface area contributed by atoms with E-state index < -0.39 is 23.2 Å². The normalized spacial score (nSPS) is 16.7. The third-order valence-corrected chi connectivity index (χ3v) is 3.21. The molecule has 0 heterocycles. The molecule has 0 spiro atoms. The summed E-state index contributed by atoms with van der Waals surface area (Å²) >= 11 is 0. The number of carboxylic acids is 1. The van der Waals surface area contributed by atoms with Gasteiger partial charge in [0.05, 0.1) is 0 Å². The summed E-state index contributed by atoms with van der Waals surface area (Å²) in [5.41, 5.74) is -1.08. The Hall–Kier alpha value is -2.24. The Morgan fingerprint density at radius 2 is 1.83 bits per heavy atom. The van der Waals surface area contributed by atoms with Crippen LogP contribution in [0.5, 0.6) is 11.5 Å². The van der Waals surface area contributed by atoms with Gasteiger partial charge in [0.2, 0.25) is 0 Å². The molecule has 1 aliphatic carbocycles. The first-order valence-corrected chi connectivity index (χ1v) is 5.52. The Balaban J connectivity index is 2.17. The first-order chi connectivity index (χ1) is 8.44. The van der Waals surface area contributed by atoms with Gasteiger partial charge in [0, 0.05) is 5.56 Å². The average molecular weight is 251 g/mol. The van der Waals surface area contributed by atoms with Crippen molar-refractivity contribution in [1.29, 1.82) is 0 Å². The number of carboxylic acid groups (broad SMARTS) is 1. The molecule has 0 unspecified atom stereocenters. The summed E-state index contributed by atoms with van der Waals surface area (Å²) < 4.78 is 0. The van der Waals surface area contributed by atoms with E-state index in [0.29, 0.717) is 12.8 Å². The molecule has 6 nitrogen and oxygen atoms in total. The van der Waals surface area contributed by atoms with Crippen LogP contribution in [0, 0.1) is 0 Å². The third-order valence-electron chi connectivity index (χ3n) is 3.21. The topological polar surface area (TPSA) is 107 Å². The third kappa shape index (κ3) is 1.97. The molecule has 1 fully saturated rings. The van der Waals surface area contributed by atoms with E-state index in [1.54, 1.807) is 0 Å². The van der Waals surface area contributed by atoms with Crippen LogP contribution in [0.3, 0.4) is 0 Å². The highest BCUT2D eigenvalue weighted by Crippen LogP contribution is 2.33. The predicted octanol–water partition coefficient (Wildman–Crippen LogP) is 0.835. The van der Waals surface area contributed by atoms with Gasteiger partial charge in [-0.3, -0.25) is 4.79 Å². The molecular weight excluding hydrogens is 238 g/mol. The molecule has 1 aliphatic rings. The maximum Gasteiger partial charge on any atom is 0.329 e. The minimum absolute atomic E-state index is 0.109. The average Bonchev–Trinajstić information content (AvgIpc) is 2.26. The van der Waals surface area contributed by atoms with Gasteiger partial charge in [-0.2, -0.15) is 0 Å². The van der Waals surface area contributed by atoms with E-state index in [1.165, 1.54) is 12.1 Å². The highest BCUT2D eigenvalue weighted by molar-refractivity contribution is 5.98. The van der Waals surface area contributed by atoms with Gasteiger partial charge in [-0.1, -0.05) is 0 Å². The smallest absolute Gasteiger partial charge is 0.329 e. The molecule has 4 N–H and O–H groups in total. The second kappa shape index (κ2) is 4.21. The highest BCUT2D eigenvalue weighted by Gasteiger charge is 2.45. The molecule has 0 atom stereocenters. The Morgan fingerprint density at radius 1 is 1.17 bits per heavy atom. The first kappa shape index (κ1) is 12.2. The molecule has 1 saturated carbocycles. The van der Waals surface area contributed by atoms with Gasteiger partial charge in [0.25, 0.3) is 5.91 Å². The van der Waals surface area contributed by atoms with E-state index in [1.807, 2.05) is 0 Å². The number of amides is 1. The fraction of sp³-hybridized carbons (Fsp3) is 0.333. The number of aliphatic carboxylic acids is 1. The number of phenolic OH excluding ortho intramolecular Hbond substituents is 2. The van der Waals surface area contributed by atoms with Gasteiger partial charge in [0.1, 0.15) is 5.54 Å². The number of carbonyl (C=O) groups is 2. The van der Waals surface area contributed by atoms with Crippen LogP contribution in [-0.2, 0) is 4.79 Å². The number of aromatic hydroxyl groups is 2. The molecule has 1 aromatic carbocycles. The largest absolute Gasteiger partial charge is 0.504 e. The van der Waals surface area contributed by atoms with Crippen molar-refractivity contribution in [2.75, 3.05) is 0 Å². The Labute approximate surface area is 103 Å². The molecule has 0 bridgehead atoms. The molecule has 0 aliphatic heterocycles. The van der Waals surface area contributed by atoms with Crippen LogP contribution in [0.4, 0.5) is 0 Å². The molecule has 0 aromatic heterocycles. The standard InChI is InChI=1S/C12H13NO5/c14-8-3-2-7(6-9(8)15)10(16)13-12(11(17)18)4-1-5-12/h2-3,6,14-15H,1,4-5H2,(H,13,16)(H,17,18). The number of phenols is 2. The molecule has 1 aromatic rings. The quantitative estimate of drug-likeness (QED) is 0.595. The maximum atomic E-state index is 11.9. The van der Waals surface area contributed by atoms with Crippen molar-refractivity contribution in [2.24, 2.45) is 0 Å². The Morgan fingerprint density at radius 3 is 2.28 bits per heavy atom. The summed E-state index contributed by atoms with van der Waals surface area (Å²) in [5.74, 6) is -2.37. The monoisotopic (exact) mass is 251 g/mol. The van der Waals surface area contributed by atoms with Crippen LogP contribution in [0.2, 0.25) is 0 Å². The van der Waals surface area contributed by atoms with Crippen molar-refractivity contribution in [3.05, 3.63) is 23.8 Å². The van der Waals surface area contributed by atoms with E-state index in [0.717, 1.165) is 12.5 Å². The fourth-order valence-corrected chi connectivity index (χ4v) is 1.88. The minimum Gasteiger partial charge on any atom is -0.504 e. The van der Waals surface area contributed by atoms with Gasteiger partial charge in [-0.25, -0.2) is 4.79 Å².